The molecule has 2 bridgehead atoms. The fourth-order valence-corrected chi connectivity index (χ4v) is 3.00. The summed E-state index contributed by atoms with van der Waals surface area (Å²) in [6, 6.07) is 6.19. The zero-order chi connectivity index (χ0) is 14.8. The van der Waals surface area contributed by atoms with Crippen LogP contribution in [0.1, 0.15) is 37.0 Å². The molecule has 3 atom stereocenters. The lowest BCUT2D eigenvalue weighted by atomic mass is 9.88. The molecule has 0 saturated carbocycles. The molecular weight excluding hydrogens is 270 g/mol. The average molecular weight is 291 g/mol. The first kappa shape index (κ1) is 14.4. The normalized spacial score (nSPS) is 26.7. The van der Waals surface area contributed by atoms with E-state index in [9.17, 15) is 9.90 Å². The quantitative estimate of drug-likeness (QED) is 0.828. The van der Waals surface area contributed by atoms with Crippen LogP contribution in [0.15, 0.2) is 18.2 Å². The van der Waals surface area contributed by atoms with Crippen molar-refractivity contribution >= 4 is 11.7 Å². The van der Waals surface area contributed by atoms with Gasteiger partial charge in [0.25, 0.3) is 0 Å². The second kappa shape index (κ2) is 6.03. The summed E-state index contributed by atoms with van der Waals surface area (Å²) in [5.41, 5.74) is 3.26. The van der Waals surface area contributed by atoms with Crippen LogP contribution in [0, 0.1) is 0 Å². The fourth-order valence-electron chi connectivity index (χ4n) is 3.00. The lowest BCUT2D eigenvalue weighted by molar-refractivity contribution is -0.143. The van der Waals surface area contributed by atoms with Crippen molar-refractivity contribution in [1.82, 2.24) is 0 Å². The molecule has 0 amide bonds. The molecule has 1 fully saturated rings. The topological polar surface area (TPSA) is 67.8 Å². The number of ether oxygens (including phenoxy) is 2. The third-order valence-corrected chi connectivity index (χ3v) is 4.13. The van der Waals surface area contributed by atoms with E-state index in [4.69, 9.17) is 9.47 Å². The number of aliphatic hydroxyl groups is 1. The molecule has 2 aliphatic rings. The van der Waals surface area contributed by atoms with Crippen molar-refractivity contribution < 1.29 is 19.4 Å². The molecule has 2 N–H and O–H groups in total. The van der Waals surface area contributed by atoms with Gasteiger partial charge in [-0.25, -0.2) is 0 Å². The van der Waals surface area contributed by atoms with Crippen LogP contribution in [0.2, 0.25) is 0 Å². The van der Waals surface area contributed by atoms with Crippen molar-refractivity contribution in [2.24, 2.45) is 0 Å². The number of rotatable bonds is 4. The zero-order valence-corrected chi connectivity index (χ0v) is 12.2. The number of hydrogen-bond donors (Lipinski definition) is 2. The number of anilines is 1. The van der Waals surface area contributed by atoms with E-state index < -0.39 is 6.10 Å². The number of esters is 1. The molecule has 1 aromatic carbocycles. The van der Waals surface area contributed by atoms with Crippen LogP contribution in [-0.2, 0) is 20.7 Å². The van der Waals surface area contributed by atoms with Crippen LogP contribution in [0.4, 0.5) is 5.69 Å². The first-order chi connectivity index (χ1) is 10.2. The Bertz CT molecular complexity index is 531. The van der Waals surface area contributed by atoms with Crippen molar-refractivity contribution in [3.05, 3.63) is 29.3 Å². The smallest absolute Gasteiger partial charge is 0.306 e. The Morgan fingerprint density at radius 1 is 1.52 bits per heavy atom. The van der Waals surface area contributed by atoms with Crippen LogP contribution in [-0.4, -0.2) is 36.4 Å². The summed E-state index contributed by atoms with van der Waals surface area (Å²) in [4.78, 5) is 11.4. The van der Waals surface area contributed by atoms with Gasteiger partial charge in [-0.3, -0.25) is 4.79 Å². The van der Waals surface area contributed by atoms with E-state index in [0.717, 1.165) is 23.2 Å². The molecule has 2 heterocycles. The largest absolute Gasteiger partial charge is 0.466 e. The molecule has 5 heteroatoms. The Labute approximate surface area is 124 Å². The van der Waals surface area contributed by atoms with Gasteiger partial charge >= 0.3 is 5.97 Å². The van der Waals surface area contributed by atoms with Crippen molar-refractivity contribution in [3.8, 4) is 0 Å². The minimum absolute atomic E-state index is 0.0391. The number of carbonyl (C=O) groups is 1. The number of hydrogen-bond acceptors (Lipinski definition) is 5. The van der Waals surface area contributed by atoms with Crippen LogP contribution >= 0.6 is 0 Å². The molecule has 1 aromatic rings. The molecule has 114 valence electrons. The van der Waals surface area contributed by atoms with Crippen molar-refractivity contribution in [1.29, 1.82) is 0 Å². The third-order valence-electron chi connectivity index (χ3n) is 4.13. The van der Waals surface area contributed by atoms with Crippen molar-refractivity contribution in [2.45, 2.75) is 44.4 Å². The fraction of sp³-hybridized carbons (Fsp3) is 0.562. The van der Waals surface area contributed by atoms with Crippen LogP contribution < -0.4 is 5.32 Å². The highest BCUT2D eigenvalue weighted by atomic mass is 16.5. The van der Waals surface area contributed by atoms with Gasteiger partial charge in [0.15, 0.2) is 0 Å². The molecule has 0 aliphatic carbocycles. The molecule has 5 nitrogen and oxygen atoms in total. The number of fused-ring (bicyclic) bond motifs is 4. The van der Waals surface area contributed by atoms with E-state index in [1.165, 1.54) is 0 Å². The first-order valence-corrected chi connectivity index (χ1v) is 7.52. The van der Waals surface area contributed by atoms with E-state index in [1.807, 2.05) is 19.1 Å². The van der Waals surface area contributed by atoms with E-state index in [0.29, 0.717) is 26.1 Å². The molecule has 2 aliphatic heterocycles. The van der Waals surface area contributed by atoms with E-state index >= 15 is 0 Å². The highest BCUT2D eigenvalue weighted by molar-refractivity contribution is 5.69. The van der Waals surface area contributed by atoms with Crippen LogP contribution in [0.25, 0.3) is 0 Å². The second-order valence-corrected chi connectivity index (χ2v) is 5.60. The predicted octanol–water partition coefficient (Wildman–Crippen LogP) is 1.80. The molecule has 0 unspecified atom stereocenters. The Kier molecular flexibility index (Phi) is 4.12. The Balaban J connectivity index is 1.71. The van der Waals surface area contributed by atoms with Crippen LogP contribution in [0.3, 0.4) is 0 Å². The predicted molar refractivity (Wildman–Crippen MR) is 78.1 cm³/mol. The summed E-state index contributed by atoms with van der Waals surface area (Å²) < 4.78 is 10.7. The van der Waals surface area contributed by atoms with E-state index in [2.05, 4.69) is 11.4 Å². The van der Waals surface area contributed by atoms with Gasteiger partial charge in [0, 0.05) is 24.1 Å². The maximum atomic E-state index is 11.4. The number of carbonyl (C=O) groups excluding carboxylic acids is 1. The Hall–Kier alpha value is -1.59. The minimum Gasteiger partial charge on any atom is -0.466 e. The molecule has 0 spiro atoms. The number of nitrogens with one attached hydrogen (secondary N) is 1. The van der Waals surface area contributed by atoms with Gasteiger partial charge in [-0.1, -0.05) is 12.1 Å². The highest BCUT2D eigenvalue weighted by Crippen LogP contribution is 2.39. The van der Waals surface area contributed by atoms with E-state index in [-0.39, 0.29) is 18.1 Å². The highest BCUT2D eigenvalue weighted by Gasteiger charge is 2.36. The number of aryl methyl sites for hydroxylation is 1. The molecule has 3 rings (SSSR count). The molecule has 0 radical (unpaired) electrons. The summed E-state index contributed by atoms with van der Waals surface area (Å²) >= 11 is 0. The molecule has 21 heavy (non-hydrogen) atoms. The van der Waals surface area contributed by atoms with Gasteiger partial charge in [0.1, 0.15) is 0 Å². The van der Waals surface area contributed by atoms with Gasteiger partial charge in [-0.2, -0.15) is 0 Å². The minimum atomic E-state index is -0.446. The molecule has 0 aromatic heterocycles. The van der Waals surface area contributed by atoms with Gasteiger partial charge in [0.2, 0.25) is 0 Å². The number of benzene rings is 1. The maximum Gasteiger partial charge on any atom is 0.306 e. The summed E-state index contributed by atoms with van der Waals surface area (Å²) in [6.07, 6.45) is 1.45. The van der Waals surface area contributed by atoms with Crippen molar-refractivity contribution in [3.63, 3.8) is 0 Å². The average Bonchev–Trinajstić information content (AvgIpc) is 2.49. The monoisotopic (exact) mass is 291 g/mol. The van der Waals surface area contributed by atoms with Gasteiger partial charge in [0.05, 0.1) is 31.5 Å². The third kappa shape index (κ3) is 3.04. The summed E-state index contributed by atoms with van der Waals surface area (Å²) in [7, 11) is 0. The lowest BCUT2D eigenvalue weighted by Gasteiger charge is -2.40. The standard InChI is InChI=1S/C16H21NO4/c1-2-20-16(19)6-4-10-3-5-12-11(7-10)15-8-13(17-12)14(18)9-21-15/h3,5,7,13-15,17-18H,2,4,6,8-9H2,1H3/t13-,14-,15-/m1/s1. The van der Waals surface area contributed by atoms with Gasteiger partial charge < -0.3 is 19.9 Å². The molecule has 1 saturated heterocycles. The summed E-state index contributed by atoms with van der Waals surface area (Å²) in [6.45, 7) is 2.61. The lowest BCUT2D eigenvalue weighted by Crippen LogP contribution is -2.45. The zero-order valence-electron chi connectivity index (χ0n) is 12.2. The van der Waals surface area contributed by atoms with Crippen LogP contribution in [0.5, 0.6) is 0 Å². The van der Waals surface area contributed by atoms with Gasteiger partial charge in [-0.15, -0.1) is 0 Å². The van der Waals surface area contributed by atoms with Gasteiger partial charge in [-0.05, 0) is 25.0 Å². The summed E-state index contributed by atoms with van der Waals surface area (Å²) in [5, 5.41) is 13.2. The Morgan fingerprint density at radius 2 is 2.38 bits per heavy atom. The second-order valence-electron chi connectivity index (χ2n) is 5.60. The number of aliphatic hydroxyl groups excluding tert-OH is 1. The van der Waals surface area contributed by atoms with Crippen molar-refractivity contribution in [2.75, 3.05) is 18.5 Å². The SMILES string of the molecule is CCOC(=O)CCc1ccc2c(c1)[C@H]1C[C@@H](N2)[C@H](O)CO1. The first-order valence-electron chi connectivity index (χ1n) is 7.52. The van der Waals surface area contributed by atoms with E-state index in [1.54, 1.807) is 0 Å². The summed E-state index contributed by atoms with van der Waals surface area (Å²) in [5.74, 6) is -0.162. The molecular formula is C16H21NO4. The Morgan fingerprint density at radius 3 is 3.19 bits per heavy atom. The maximum absolute atomic E-state index is 11.4.